The molecule has 2 aromatic heterocycles. The van der Waals surface area contributed by atoms with Gasteiger partial charge in [-0.15, -0.1) is 11.3 Å². The summed E-state index contributed by atoms with van der Waals surface area (Å²) in [5.41, 5.74) is 9.64. The summed E-state index contributed by atoms with van der Waals surface area (Å²) < 4.78 is 1.84. The van der Waals surface area contributed by atoms with E-state index in [2.05, 4.69) is 23.9 Å². The molecule has 4 nitrogen and oxygen atoms in total. The standard InChI is InChI=1S/C13H20N4S/c1-5-12-10(7-17(4)16-12)11(14)6-13-15-8(2)9(3)18-13/h7,11H,5-6,14H2,1-4H3. The van der Waals surface area contributed by atoms with Gasteiger partial charge in [0.25, 0.3) is 0 Å². The molecule has 1 unspecified atom stereocenters. The van der Waals surface area contributed by atoms with E-state index < -0.39 is 0 Å². The van der Waals surface area contributed by atoms with Crippen LogP contribution < -0.4 is 5.73 Å². The summed E-state index contributed by atoms with van der Waals surface area (Å²) in [4.78, 5) is 5.83. The van der Waals surface area contributed by atoms with Crippen LogP contribution in [0.3, 0.4) is 0 Å². The van der Waals surface area contributed by atoms with E-state index in [0.29, 0.717) is 0 Å². The van der Waals surface area contributed by atoms with E-state index in [1.165, 1.54) is 4.88 Å². The zero-order chi connectivity index (χ0) is 13.3. The van der Waals surface area contributed by atoms with Gasteiger partial charge in [-0.1, -0.05) is 6.92 Å². The van der Waals surface area contributed by atoms with Crippen LogP contribution in [0.25, 0.3) is 0 Å². The molecule has 1 atom stereocenters. The van der Waals surface area contributed by atoms with Crippen molar-refractivity contribution in [1.29, 1.82) is 0 Å². The first-order valence-electron chi connectivity index (χ1n) is 6.22. The van der Waals surface area contributed by atoms with Crippen molar-refractivity contribution < 1.29 is 0 Å². The molecule has 0 aliphatic heterocycles. The highest BCUT2D eigenvalue weighted by Gasteiger charge is 2.16. The van der Waals surface area contributed by atoms with E-state index >= 15 is 0 Å². The number of nitrogens with zero attached hydrogens (tertiary/aromatic N) is 3. The van der Waals surface area contributed by atoms with Crippen LogP contribution in [-0.2, 0) is 19.9 Å². The predicted octanol–water partition coefficient (Wildman–Crippen LogP) is 2.30. The number of nitrogens with two attached hydrogens (primary N) is 1. The normalized spacial score (nSPS) is 12.9. The number of aryl methyl sites for hydroxylation is 4. The van der Waals surface area contributed by atoms with Gasteiger partial charge >= 0.3 is 0 Å². The van der Waals surface area contributed by atoms with Gasteiger partial charge in [-0.05, 0) is 20.3 Å². The molecule has 2 heterocycles. The first-order chi connectivity index (χ1) is 8.51. The van der Waals surface area contributed by atoms with Gasteiger partial charge in [0.2, 0.25) is 0 Å². The Morgan fingerprint density at radius 1 is 1.44 bits per heavy atom. The molecule has 18 heavy (non-hydrogen) atoms. The maximum Gasteiger partial charge on any atom is 0.0949 e. The van der Waals surface area contributed by atoms with Crippen molar-refractivity contribution in [2.75, 3.05) is 0 Å². The fourth-order valence-corrected chi connectivity index (χ4v) is 3.05. The molecule has 0 spiro atoms. The molecule has 0 aromatic carbocycles. The molecule has 0 aliphatic rings. The fraction of sp³-hybridized carbons (Fsp3) is 0.538. The molecular formula is C13H20N4S. The van der Waals surface area contributed by atoms with E-state index in [1.807, 2.05) is 24.9 Å². The van der Waals surface area contributed by atoms with Gasteiger partial charge in [0.05, 0.1) is 16.4 Å². The molecule has 0 bridgehead atoms. The lowest BCUT2D eigenvalue weighted by Gasteiger charge is -2.09. The number of hydrogen-bond donors (Lipinski definition) is 1. The minimum Gasteiger partial charge on any atom is -0.323 e. The van der Waals surface area contributed by atoms with Gasteiger partial charge < -0.3 is 5.73 Å². The molecular weight excluding hydrogens is 244 g/mol. The fourth-order valence-electron chi connectivity index (χ4n) is 2.06. The van der Waals surface area contributed by atoms with Gasteiger partial charge in [0, 0.05) is 36.1 Å². The van der Waals surface area contributed by atoms with Crippen molar-refractivity contribution >= 4 is 11.3 Å². The lowest BCUT2D eigenvalue weighted by Crippen LogP contribution is -2.14. The van der Waals surface area contributed by atoms with Crippen molar-refractivity contribution in [3.05, 3.63) is 33.0 Å². The van der Waals surface area contributed by atoms with E-state index in [-0.39, 0.29) is 6.04 Å². The van der Waals surface area contributed by atoms with Crippen LogP contribution in [0, 0.1) is 13.8 Å². The summed E-state index contributed by atoms with van der Waals surface area (Å²) in [5.74, 6) is 0. The molecule has 2 aromatic rings. The second kappa shape index (κ2) is 5.20. The third-order valence-electron chi connectivity index (χ3n) is 3.14. The Morgan fingerprint density at radius 2 is 2.17 bits per heavy atom. The molecule has 0 saturated carbocycles. The van der Waals surface area contributed by atoms with Crippen molar-refractivity contribution in [1.82, 2.24) is 14.8 Å². The van der Waals surface area contributed by atoms with Crippen molar-refractivity contribution in [3.8, 4) is 0 Å². The summed E-state index contributed by atoms with van der Waals surface area (Å²) in [5, 5.41) is 5.55. The number of hydrogen-bond acceptors (Lipinski definition) is 4. The summed E-state index contributed by atoms with van der Waals surface area (Å²) in [6, 6.07) is -0.0152. The van der Waals surface area contributed by atoms with Crippen LogP contribution >= 0.6 is 11.3 Å². The average molecular weight is 264 g/mol. The van der Waals surface area contributed by atoms with Gasteiger partial charge in [-0.25, -0.2) is 4.98 Å². The number of rotatable bonds is 4. The van der Waals surface area contributed by atoms with Crippen LogP contribution in [0.15, 0.2) is 6.20 Å². The third-order valence-corrected chi connectivity index (χ3v) is 4.23. The SMILES string of the molecule is CCc1nn(C)cc1C(N)Cc1nc(C)c(C)s1. The first kappa shape index (κ1) is 13.2. The van der Waals surface area contributed by atoms with Crippen LogP contribution in [0.1, 0.15) is 39.8 Å². The summed E-state index contributed by atoms with van der Waals surface area (Å²) in [7, 11) is 1.94. The summed E-state index contributed by atoms with van der Waals surface area (Å²) in [6.07, 6.45) is 3.73. The molecule has 0 aliphatic carbocycles. The zero-order valence-electron chi connectivity index (χ0n) is 11.4. The van der Waals surface area contributed by atoms with E-state index in [1.54, 1.807) is 11.3 Å². The van der Waals surface area contributed by atoms with Gasteiger partial charge in [-0.2, -0.15) is 5.10 Å². The maximum atomic E-state index is 6.29. The monoisotopic (exact) mass is 264 g/mol. The quantitative estimate of drug-likeness (QED) is 0.922. The van der Waals surface area contributed by atoms with Crippen LogP contribution in [0.2, 0.25) is 0 Å². The van der Waals surface area contributed by atoms with Crippen LogP contribution in [0.5, 0.6) is 0 Å². The lowest BCUT2D eigenvalue weighted by atomic mass is 10.0. The minimum atomic E-state index is -0.0152. The van der Waals surface area contributed by atoms with Crippen LogP contribution in [-0.4, -0.2) is 14.8 Å². The highest BCUT2D eigenvalue weighted by molar-refractivity contribution is 7.11. The Hall–Kier alpha value is -1.20. The number of aromatic nitrogens is 3. The third kappa shape index (κ3) is 2.62. The van der Waals surface area contributed by atoms with Crippen LogP contribution in [0.4, 0.5) is 0 Å². The Labute approximate surface area is 112 Å². The zero-order valence-corrected chi connectivity index (χ0v) is 12.2. The Bertz CT molecular complexity index is 522. The van der Waals surface area contributed by atoms with Crippen molar-refractivity contribution in [2.45, 2.75) is 39.7 Å². The molecule has 0 amide bonds. The average Bonchev–Trinajstić information content (AvgIpc) is 2.83. The minimum absolute atomic E-state index is 0.0152. The molecule has 0 fully saturated rings. The topological polar surface area (TPSA) is 56.7 Å². The van der Waals surface area contributed by atoms with Gasteiger partial charge in [0.1, 0.15) is 0 Å². The first-order valence-corrected chi connectivity index (χ1v) is 7.03. The second-order valence-corrected chi connectivity index (χ2v) is 5.91. The summed E-state index contributed by atoms with van der Waals surface area (Å²) in [6.45, 7) is 6.25. The molecule has 0 radical (unpaired) electrons. The van der Waals surface area contributed by atoms with Gasteiger partial charge in [-0.3, -0.25) is 4.68 Å². The highest BCUT2D eigenvalue weighted by Crippen LogP contribution is 2.23. The highest BCUT2D eigenvalue weighted by atomic mass is 32.1. The van der Waals surface area contributed by atoms with Gasteiger partial charge in [0.15, 0.2) is 0 Å². The Morgan fingerprint density at radius 3 is 2.72 bits per heavy atom. The number of thiazole rings is 1. The van der Waals surface area contributed by atoms with Crippen molar-refractivity contribution in [3.63, 3.8) is 0 Å². The Balaban J connectivity index is 2.18. The molecule has 0 saturated heterocycles. The second-order valence-electron chi connectivity index (χ2n) is 4.62. The Kier molecular flexibility index (Phi) is 3.82. The molecule has 98 valence electrons. The largest absolute Gasteiger partial charge is 0.323 e. The maximum absolute atomic E-state index is 6.29. The van der Waals surface area contributed by atoms with Crippen molar-refractivity contribution in [2.24, 2.45) is 12.8 Å². The van der Waals surface area contributed by atoms with E-state index in [9.17, 15) is 0 Å². The molecule has 2 N–H and O–H groups in total. The lowest BCUT2D eigenvalue weighted by molar-refractivity contribution is 0.707. The molecule has 2 rings (SSSR count). The smallest absolute Gasteiger partial charge is 0.0949 e. The molecule has 5 heteroatoms. The summed E-state index contributed by atoms with van der Waals surface area (Å²) >= 11 is 1.74. The predicted molar refractivity (Wildman–Crippen MR) is 74.8 cm³/mol. The van der Waals surface area contributed by atoms with E-state index in [4.69, 9.17) is 5.73 Å². The van der Waals surface area contributed by atoms with E-state index in [0.717, 1.165) is 34.8 Å².